The molecular formula is C14H16INO. The smallest absolute Gasteiger partial charge is 0.206 e. The molecule has 2 rings (SSSR count). The predicted octanol–water partition coefficient (Wildman–Crippen LogP) is -1.13. The van der Waals surface area contributed by atoms with Gasteiger partial charge in [-0.15, -0.1) is 0 Å². The summed E-state index contributed by atoms with van der Waals surface area (Å²) in [6.07, 6.45) is 4.04. The molecule has 2 nitrogen and oxygen atoms in total. The van der Waals surface area contributed by atoms with Gasteiger partial charge in [0.25, 0.3) is 0 Å². The Bertz CT molecular complexity index is 459. The van der Waals surface area contributed by atoms with Gasteiger partial charge in [-0.3, -0.25) is 0 Å². The van der Waals surface area contributed by atoms with Gasteiger partial charge < -0.3 is 29.1 Å². The average Bonchev–Trinajstić information content (AvgIpc) is 2.31. The number of rotatable bonds is 3. The molecule has 1 heterocycles. The van der Waals surface area contributed by atoms with E-state index in [2.05, 4.69) is 13.0 Å². The number of hydrogen-bond donors (Lipinski definition) is 1. The molecule has 1 aromatic carbocycles. The fourth-order valence-electron chi connectivity index (χ4n) is 1.86. The fraction of sp³-hybridized carbons (Fsp3) is 0.214. The minimum Gasteiger partial charge on any atom is -1.00 e. The van der Waals surface area contributed by atoms with Gasteiger partial charge in [0, 0.05) is 17.2 Å². The molecule has 1 unspecified atom stereocenters. The summed E-state index contributed by atoms with van der Waals surface area (Å²) in [5.41, 5.74) is 2.32. The van der Waals surface area contributed by atoms with Crippen LogP contribution in [0, 0.1) is 6.92 Å². The molecule has 17 heavy (non-hydrogen) atoms. The van der Waals surface area contributed by atoms with Crippen LogP contribution in [-0.2, 0) is 0 Å². The molecule has 90 valence electrons. The average molecular weight is 341 g/mol. The predicted molar refractivity (Wildman–Crippen MR) is 63.0 cm³/mol. The zero-order chi connectivity index (χ0) is 11.4. The van der Waals surface area contributed by atoms with Crippen LogP contribution >= 0.6 is 0 Å². The molecule has 0 aliphatic heterocycles. The molecule has 0 spiro atoms. The number of halogens is 1. The molecule has 0 aliphatic rings. The third kappa shape index (κ3) is 3.51. The number of hydrogen-bond acceptors (Lipinski definition) is 1. The Labute approximate surface area is 119 Å². The van der Waals surface area contributed by atoms with Crippen molar-refractivity contribution in [2.24, 2.45) is 0 Å². The zero-order valence-electron chi connectivity index (χ0n) is 9.75. The number of nitrogens with zero attached hydrogens (tertiary/aromatic N) is 1. The SMILES string of the molecule is Cc1ccc[n+](C(CO)c2ccccc2)c1.[I-]. The quantitative estimate of drug-likeness (QED) is 0.555. The third-order valence-corrected chi connectivity index (χ3v) is 2.69. The first-order valence-corrected chi connectivity index (χ1v) is 5.44. The molecule has 3 heteroatoms. The van der Waals surface area contributed by atoms with E-state index in [1.54, 1.807) is 0 Å². The maximum Gasteiger partial charge on any atom is 0.206 e. The summed E-state index contributed by atoms with van der Waals surface area (Å²) in [4.78, 5) is 0. The topological polar surface area (TPSA) is 24.1 Å². The second-order valence-electron chi connectivity index (χ2n) is 3.94. The van der Waals surface area contributed by atoms with Gasteiger partial charge >= 0.3 is 0 Å². The monoisotopic (exact) mass is 341 g/mol. The third-order valence-electron chi connectivity index (χ3n) is 2.69. The number of benzene rings is 1. The molecule has 0 saturated carbocycles. The molecule has 0 amide bonds. The van der Waals surface area contributed by atoms with E-state index in [9.17, 15) is 5.11 Å². The maximum absolute atomic E-state index is 9.50. The first kappa shape index (κ1) is 14.1. The summed E-state index contributed by atoms with van der Waals surface area (Å²) in [5, 5.41) is 9.50. The van der Waals surface area contributed by atoms with Crippen LogP contribution in [0.4, 0.5) is 0 Å². The molecule has 0 fully saturated rings. The zero-order valence-corrected chi connectivity index (χ0v) is 11.9. The van der Waals surface area contributed by atoms with Gasteiger partial charge in [-0.05, 0) is 13.0 Å². The highest BCUT2D eigenvalue weighted by atomic mass is 127. The Morgan fingerprint density at radius 2 is 1.82 bits per heavy atom. The molecule has 1 N–H and O–H groups in total. The van der Waals surface area contributed by atoms with Crippen LogP contribution in [-0.4, -0.2) is 11.7 Å². The second-order valence-corrected chi connectivity index (χ2v) is 3.94. The molecule has 1 atom stereocenters. The van der Waals surface area contributed by atoms with E-state index in [0.717, 1.165) is 5.56 Å². The van der Waals surface area contributed by atoms with Crippen LogP contribution in [0.25, 0.3) is 0 Å². The Morgan fingerprint density at radius 1 is 1.12 bits per heavy atom. The summed E-state index contributed by atoms with van der Waals surface area (Å²) in [6, 6.07) is 14.1. The van der Waals surface area contributed by atoms with E-state index in [0.29, 0.717) is 0 Å². The van der Waals surface area contributed by atoms with Crippen LogP contribution in [0.15, 0.2) is 54.9 Å². The van der Waals surface area contributed by atoms with Crippen LogP contribution in [0.1, 0.15) is 17.2 Å². The lowest BCUT2D eigenvalue weighted by molar-refractivity contribution is -0.715. The number of aliphatic hydroxyl groups excluding tert-OH is 1. The van der Waals surface area contributed by atoms with E-state index in [-0.39, 0.29) is 36.6 Å². The number of aromatic nitrogens is 1. The van der Waals surface area contributed by atoms with Gasteiger partial charge in [-0.2, -0.15) is 4.57 Å². The largest absolute Gasteiger partial charge is 1.00 e. The lowest BCUT2D eigenvalue weighted by atomic mass is 10.1. The van der Waals surface area contributed by atoms with Crippen molar-refractivity contribution in [1.29, 1.82) is 0 Å². The second kappa shape index (κ2) is 6.71. The molecule has 0 saturated heterocycles. The van der Waals surface area contributed by atoms with E-state index in [4.69, 9.17) is 0 Å². The Morgan fingerprint density at radius 3 is 2.41 bits per heavy atom. The maximum atomic E-state index is 9.50. The fourth-order valence-corrected chi connectivity index (χ4v) is 1.86. The van der Waals surface area contributed by atoms with Crippen LogP contribution in [0.2, 0.25) is 0 Å². The van der Waals surface area contributed by atoms with Gasteiger partial charge in [-0.25, -0.2) is 0 Å². The van der Waals surface area contributed by atoms with Gasteiger partial charge in [0.05, 0.1) is 0 Å². The molecule has 1 aromatic heterocycles. The van der Waals surface area contributed by atoms with Crippen molar-refractivity contribution in [1.82, 2.24) is 0 Å². The summed E-state index contributed by atoms with van der Waals surface area (Å²) in [7, 11) is 0. The minimum atomic E-state index is 0. The number of pyridine rings is 1. The van der Waals surface area contributed by atoms with Gasteiger partial charge in [0.1, 0.15) is 6.61 Å². The molecular weight excluding hydrogens is 325 g/mol. The van der Waals surface area contributed by atoms with Crippen molar-refractivity contribution in [2.45, 2.75) is 13.0 Å². The van der Waals surface area contributed by atoms with Gasteiger partial charge in [0.15, 0.2) is 12.4 Å². The highest BCUT2D eigenvalue weighted by Gasteiger charge is 2.19. The summed E-state index contributed by atoms with van der Waals surface area (Å²) in [6.45, 7) is 2.16. The Hall–Kier alpha value is -0.940. The summed E-state index contributed by atoms with van der Waals surface area (Å²) >= 11 is 0. The lowest BCUT2D eigenvalue weighted by Crippen LogP contribution is -3.00. The summed E-state index contributed by atoms with van der Waals surface area (Å²) in [5.74, 6) is 0. The molecule has 0 aliphatic carbocycles. The minimum absolute atomic E-state index is 0. The van der Waals surface area contributed by atoms with Crippen molar-refractivity contribution < 1.29 is 33.7 Å². The highest BCUT2D eigenvalue weighted by Crippen LogP contribution is 2.11. The standard InChI is InChI=1S/C14H16NO.HI/c1-12-6-5-9-15(10-12)14(11-16)13-7-3-2-4-8-13;/h2-10,14,16H,11H2,1H3;1H/q+1;/p-1. The van der Waals surface area contributed by atoms with Gasteiger partial charge in [-0.1, -0.05) is 30.3 Å². The Kier molecular flexibility index (Phi) is 5.58. The molecule has 0 bridgehead atoms. The van der Waals surface area contributed by atoms with Crippen molar-refractivity contribution in [3.63, 3.8) is 0 Å². The first-order valence-electron chi connectivity index (χ1n) is 5.44. The van der Waals surface area contributed by atoms with E-state index in [1.165, 1.54) is 5.56 Å². The Balaban J connectivity index is 0.00000144. The van der Waals surface area contributed by atoms with E-state index in [1.807, 2.05) is 53.4 Å². The summed E-state index contributed by atoms with van der Waals surface area (Å²) < 4.78 is 2.05. The molecule has 2 aromatic rings. The number of aryl methyl sites for hydroxylation is 1. The van der Waals surface area contributed by atoms with E-state index < -0.39 is 0 Å². The van der Waals surface area contributed by atoms with Gasteiger partial charge in [0.2, 0.25) is 6.04 Å². The molecule has 0 radical (unpaired) electrons. The lowest BCUT2D eigenvalue weighted by Gasteiger charge is -2.10. The van der Waals surface area contributed by atoms with E-state index >= 15 is 0 Å². The van der Waals surface area contributed by atoms with Crippen LogP contribution in [0.5, 0.6) is 0 Å². The highest BCUT2D eigenvalue weighted by molar-refractivity contribution is 5.17. The van der Waals surface area contributed by atoms with Crippen molar-refractivity contribution in [3.8, 4) is 0 Å². The van der Waals surface area contributed by atoms with Crippen LogP contribution < -0.4 is 28.5 Å². The normalized spacial score (nSPS) is 11.6. The van der Waals surface area contributed by atoms with Crippen molar-refractivity contribution in [3.05, 3.63) is 66.0 Å². The first-order chi connectivity index (χ1) is 7.81. The van der Waals surface area contributed by atoms with Crippen molar-refractivity contribution in [2.75, 3.05) is 6.61 Å². The van der Waals surface area contributed by atoms with Crippen LogP contribution in [0.3, 0.4) is 0 Å². The number of aliphatic hydroxyl groups is 1. The van der Waals surface area contributed by atoms with Crippen molar-refractivity contribution >= 4 is 0 Å².